The van der Waals surface area contributed by atoms with Crippen molar-refractivity contribution in [2.24, 2.45) is 4.99 Å². The SMILES string of the molecule is CCOC(=O)C1=C(C)N=c2s/c(=C\c3ccc(OCc4ccccc4)c(Br)c3)c(=O)n2[C@H]1c1ccc(SC)cc1. The number of aromatic nitrogens is 1. The van der Waals surface area contributed by atoms with Gasteiger partial charge >= 0.3 is 5.97 Å². The van der Waals surface area contributed by atoms with Gasteiger partial charge in [0, 0.05) is 4.90 Å². The quantitative estimate of drug-likeness (QED) is 0.179. The van der Waals surface area contributed by atoms with Gasteiger partial charge in [0.15, 0.2) is 4.80 Å². The van der Waals surface area contributed by atoms with Crippen molar-refractivity contribution >= 4 is 51.1 Å². The molecule has 0 amide bonds. The highest BCUT2D eigenvalue weighted by Gasteiger charge is 2.33. The normalized spacial score (nSPS) is 15.0. The molecule has 4 aromatic rings. The highest BCUT2D eigenvalue weighted by molar-refractivity contribution is 9.10. The fourth-order valence-corrected chi connectivity index (χ4v) is 6.47. The molecular formula is C31H27BrN2O4S2. The minimum Gasteiger partial charge on any atom is -0.488 e. The van der Waals surface area contributed by atoms with E-state index in [0.717, 1.165) is 26.1 Å². The highest BCUT2D eigenvalue weighted by atomic mass is 79.9. The first kappa shape index (κ1) is 28.1. The van der Waals surface area contributed by atoms with Crippen molar-refractivity contribution in [2.45, 2.75) is 31.4 Å². The predicted molar refractivity (Wildman–Crippen MR) is 164 cm³/mol. The summed E-state index contributed by atoms with van der Waals surface area (Å²) in [6.07, 6.45) is 3.85. The van der Waals surface area contributed by atoms with Gasteiger partial charge in [-0.3, -0.25) is 9.36 Å². The van der Waals surface area contributed by atoms with E-state index in [9.17, 15) is 9.59 Å². The Morgan fingerprint density at radius 3 is 2.55 bits per heavy atom. The van der Waals surface area contributed by atoms with Crippen LogP contribution in [0.4, 0.5) is 0 Å². The molecule has 1 aliphatic rings. The maximum atomic E-state index is 13.8. The molecule has 6 nitrogen and oxygen atoms in total. The molecule has 0 unspecified atom stereocenters. The number of carbonyl (C=O) groups excluding carboxylic acids is 1. The summed E-state index contributed by atoms with van der Waals surface area (Å²) in [5, 5.41) is 0. The Labute approximate surface area is 248 Å². The Morgan fingerprint density at radius 2 is 1.88 bits per heavy atom. The number of thioether (sulfide) groups is 1. The first-order valence-corrected chi connectivity index (χ1v) is 15.5. The summed E-state index contributed by atoms with van der Waals surface area (Å²) in [5.74, 6) is 0.248. The van der Waals surface area contributed by atoms with Crippen LogP contribution in [0.15, 0.2) is 103 Å². The zero-order valence-electron chi connectivity index (χ0n) is 22.2. The molecule has 9 heteroatoms. The van der Waals surface area contributed by atoms with E-state index in [4.69, 9.17) is 9.47 Å². The standard InChI is InChI=1S/C31H27BrN2O4S2/c1-4-37-30(36)27-19(2)33-31-34(28(27)22-11-13-23(39-3)14-12-22)29(35)26(40-31)17-21-10-15-25(24(32)16-21)38-18-20-8-6-5-7-9-20/h5-17,28H,4,18H2,1-3H3/b26-17-/t28-/m0/s1. The zero-order valence-corrected chi connectivity index (χ0v) is 25.4. The summed E-state index contributed by atoms with van der Waals surface area (Å²) < 4.78 is 14.3. The van der Waals surface area contributed by atoms with Crippen LogP contribution in [-0.2, 0) is 16.1 Å². The van der Waals surface area contributed by atoms with E-state index < -0.39 is 12.0 Å². The van der Waals surface area contributed by atoms with E-state index in [-0.39, 0.29) is 12.2 Å². The van der Waals surface area contributed by atoms with Gasteiger partial charge < -0.3 is 9.47 Å². The van der Waals surface area contributed by atoms with Crippen LogP contribution >= 0.6 is 39.0 Å². The van der Waals surface area contributed by atoms with E-state index in [1.165, 1.54) is 11.3 Å². The number of fused-ring (bicyclic) bond motifs is 1. The lowest BCUT2D eigenvalue weighted by molar-refractivity contribution is -0.139. The molecule has 0 saturated carbocycles. The molecule has 1 atom stereocenters. The molecule has 0 bridgehead atoms. The number of hydrogen-bond donors (Lipinski definition) is 0. The number of halogens is 1. The maximum Gasteiger partial charge on any atom is 0.338 e. The summed E-state index contributed by atoms with van der Waals surface area (Å²) in [5.41, 5.74) is 3.46. The number of allylic oxidation sites excluding steroid dienone is 1. The van der Waals surface area contributed by atoms with Crippen LogP contribution in [-0.4, -0.2) is 23.4 Å². The topological polar surface area (TPSA) is 69.9 Å². The molecule has 1 aromatic heterocycles. The minimum absolute atomic E-state index is 0.211. The fourth-order valence-electron chi connectivity index (χ4n) is 4.50. The van der Waals surface area contributed by atoms with E-state index >= 15 is 0 Å². The van der Waals surface area contributed by atoms with Crippen molar-refractivity contribution in [3.8, 4) is 5.75 Å². The Hall–Kier alpha value is -3.40. The van der Waals surface area contributed by atoms with Crippen LogP contribution < -0.4 is 19.6 Å². The average Bonchev–Trinajstić information content (AvgIpc) is 3.26. The highest BCUT2D eigenvalue weighted by Crippen LogP contribution is 2.32. The molecule has 0 aliphatic carbocycles. The molecule has 1 aliphatic heterocycles. The summed E-state index contributed by atoms with van der Waals surface area (Å²) in [4.78, 5) is 33.2. The van der Waals surface area contributed by atoms with Crippen molar-refractivity contribution in [3.63, 3.8) is 0 Å². The van der Waals surface area contributed by atoms with Crippen LogP contribution in [0.25, 0.3) is 6.08 Å². The second kappa shape index (κ2) is 12.4. The van der Waals surface area contributed by atoms with Gasteiger partial charge in [-0.15, -0.1) is 11.8 Å². The predicted octanol–water partition coefficient (Wildman–Crippen LogP) is 5.86. The van der Waals surface area contributed by atoms with E-state index in [0.29, 0.717) is 33.0 Å². The monoisotopic (exact) mass is 634 g/mol. The van der Waals surface area contributed by atoms with Gasteiger partial charge in [0.25, 0.3) is 5.56 Å². The van der Waals surface area contributed by atoms with Crippen LogP contribution in [0, 0.1) is 0 Å². The second-order valence-electron chi connectivity index (χ2n) is 9.04. The van der Waals surface area contributed by atoms with Crippen LogP contribution in [0.5, 0.6) is 5.75 Å². The van der Waals surface area contributed by atoms with Crippen LogP contribution in [0.3, 0.4) is 0 Å². The molecular weight excluding hydrogens is 608 g/mol. The summed E-state index contributed by atoms with van der Waals surface area (Å²) in [6, 6.07) is 23.0. The Bertz CT molecular complexity index is 1760. The van der Waals surface area contributed by atoms with Crippen LogP contribution in [0.1, 0.15) is 36.6 Å². The summed E-state index contributed by atoms with van der Waals surface area (Å²) in [6.45, 7) is 4.24. The molecule has 0 spiro atoms. The zero-order chi connectivity index (χ0) is 28.2. The van der Waals surface area contributed by atoms with Crippen LogP contribution in [0.2, 0.25) is 0 Å². The number of nitrogens with zero attached hydrogens (tertiary/aromatic N) is 2. The van der Waals surface area contributed by atoms with Crippen molar-refractivity contribution in [1.82, 2.24) is 4.57 Å². The van der Waals surface area contributed by atoms with Gasteiger partial charge in [0.2, 0.25) is 0 Å². The van der Waals surface area contributed by atoms with Crippen molar-refractivity contribution < 1.29 is 14.3 Å². The fraction of sp³-hybridized carbons (Fsp3) is 0.194. The smallest absolute Gasteiger partial charge is 0.338 e. The molecule has 40 heavy (non-hydrogen) atoms. The van der Waals surface area contributed by atoms with Gasteiger partial charge in [0.05, 0.1) is 32.9 Å². The van der Waals surface area contributed by atoms with Gasteiger partial charge in [-0.25, -0.2) is 9.79 Å². The molecule has 5 rings (SSSR count). The minimum atomic E-state index is -0.631. The summed E-state index contributed by atoms with van der Waals surface area (Å²) >= 11 is 6.54. The Morgan fingerprint density at radius 1 is 1.12 bits per heavy atom. The lowest BCUT2D eigenvalue weighted by atomic mass is 9.96. The number of thiazole rings is 1. The number of rotatable bonds is 8. The van der Waals surface area contributed by atoms with Crippen molar-refractivity contribution in [2.75, 3.05) is 12.9 Å². The Balaban J connectivity index is 1.53. The molecule has 0 saturated heterocycles. The molecule has 0 fully saturated rings. The molecule has 3 aromatic carbocycles. The lowest BCUT2D eigenvalue weighted by Crippen LogP contribution is -2.39. The van der Waals surface area contributed by atoms with E-state index in [1.54, 1.807) is 30.2 Å². The van der Waals surface area contributed by atoms with Crippen molar-refractivity contribution in [3.05, 3.63) is 125 Å². The number of esters is 1. The molecule has 2 heterocycles. The van der Waals surface area contributed by atoms with E-state index in [1.807, 2.05) is 85.1 Å². The first-order chi connectivity index (χ1) is 19.4. The molecule has 0 radical (unpaired) electrons. The number of hydrogen-bond acceptors (Lipinski definition) is 7. The average molecular weight is 636 g/mol. The van der Waals surface area contributed by atoms with Gasteiger partial charge in [-0.2, -0.15) is 0 Å². The first-order valence-electron chi connectivity index (χ1n) is 12.7. The summed E-state index contributed by atoms with van der Waals surface area (Å²) in [7, 11) is 0. The largest absolute Gasteiger partial charge is 0.488 e. The van der Waals surface area contributed by atoms with Gasteiger partial charge in [0.1, 0.15) is 12.4 Å². The van der Waals surface area contributed by atoms with E-state index in [2.05, 4.69) is 20.9 Å². The third-order valence-electron chi connectivity index (χ3n) is 6.44. The Kier molecular flexibility index (Phi) is 8.73. The number of carbonyl (C=O) groups is 1. The second-order valence-corrected chi connectivity index (χ2v) is 11.8. The molecule has 0 N–H and O–H groups in total. The third-order valence-corrected chi connectivity index (χ3v) is 8.79. The van der Waals surface area contributed by atoms with Crippen molar-refractivity contribution in [1.29, 1.82) is 0 Å². The number of ether oxygens (including phenoxy) is 2. The molecule has 204 valence electrons. The number of benzene rings is 3. The lowest BCUT2D eigenvalue weighted by Gasteiger charge is -2.24. The van der Waals surface area contributed by atoms with Gasteiger partial charge in [-0.1, -0.05) is 59.9 Å². The maximum absolute atomic E-state index is 13.8. The third kappa shape index (κ3) is 5.87. The van der Waals surface area contributed by atoms with Gasteiger partial charge in [-0.05, 0) is 83.1 Å².